The van der Waals surface area contributed by atoms with E-state index in [0.717, 1.165) is 18.4 Å². The predicted molar refractivity (Wildman–Crippen MR) is 102 cm³/mol. The highest BCUT2D eigenvalue weighted by molar-refractivity contribution is 7.12. The van der Waals surface area contributed by atoms with E-state index >= 15 is 0 Å². The Bertz CT molecular complexity index is 950. The Hall–Kier alpha value is -2.79. The van der Waals surface area contributed by atoms with Crippen LogP contribution >= 0.6 is 11.3 Å². The Morgan fingerprint density at radius 2 is 1.93 bits per heavy atom. The maximum absolute atomic E-state index is 14.1. The van der Waals surface area contributed by atoms with Crippen molar-refractivity contribution in [3.63, 3.8) is 0 Å². The molecular weight excluding hydrogens is 425 g/mol. The highest BCUT2D eigenvalue weighted by atomic mass is 32.1. The van der Waals surface area contributed by atoms with Gasteiger partial charge in [0.2, 0.25) is 0 Å². The lowest BCUT2D eigenvalue weighted by Crippen LogP contribution is -2.72. The van der Waals surface area contributed by atoms with Crippen molar-refractivity contribution in [1.29, 1.82) is 0 Å². The molecule has 0 aliphatic carbocycles. The van der Waals surface area contributed by atoms with Crippen LogP contribution in [0.4, 0.5) is 18.0 Å². The number of ketones is 1. The Morgan fingerprint density at radius 3 is 2.47 bits per heavy atom. The van der Waals surface area contributed by atoms with Gasteiger partial charge >= 0.3 is 12.2 Å². The van der Waals surface area contributed by atoms with Crippen molar-refractivity contribution in [2.45, 2.75) is 17.9 Å². The van der Waals surface area contributed by atoms with Crippen molar-refractivity contribution >= 4 is 23.2 Å². The molecule has 2 amide bonds. The zero-order chi connectivity index (χ0) is 22.3. The van der Waals surface area contributed by atoms with Crippen LogP contribution in [0.1, 0.15) is 21.3 Å². The number of ether oxygens (including phenoxy) is 2. The number of alkyl halides is 3. The van der Waals surface area contributed by atoms with Crippen molar-refractivity contribution < 1.29 is 37.3 Å². The topological polar surface area (TPSA) is 88.1 Å². The number of amides is 2. The van der Waals surface area contributed by atoms with Gasteiger partial charge in [-0.2, -0.15) is 13.2 Å². The molecule has 1 aliphatic rings. The number of nitrogens with zero attached hydrogens (tertiary/aromatic N) is 1. The van der Waals surface area contributed by atoms with Crippen LogP contribution in [0.2, 0.25) is 0 Å². The normalized spacial score (nSPS) is 24.4. The van der Waals surface area contributed by atoms with E-state index in [1.807, 2.05) is 0 Å². The van der Waals surface area contributed by atoms with Crippen LogP contribution in [0.25, 0.3) is 0 Å². The summed E-state index contributed by atoms with van der Waals surface area (Å²) in [6.07, 6.45) is -5.32. The van der Waals surface area contributed by atoms with Crippen LogP contribution in [0.15, 0.2) is 35.7 Å². The monoisotopic (exact) mass is 444 g/mol. The van der Waals surface area contributed by atoms with Crippen molar-refractivity contribution in [3.8, 4) is 11.5 Å². The summed E-state index contributed by atoms with van der Waals surface area (Å²) in [5.41, 5.74) is -3.69. The standard InChI is InChI=1S/C19H19F3N2O5S/c1-24-17(26)23-14(10-6-4-7-11(28-2)16(10)29-3)13(18(24,27)19(20,21)22)15(25)12-8-5-9-30-12/h4-9,13-14,27H,1-3H3,(H,23,26)/t13-,14+,18+/m1/s1. The zero-order valence-electron chi connectivity index (χ0n) is 16.2. The molecule has 0 unspecified atom stereocenters. The average molecular weight is 444 g/mol. The number of rotatable bonds is 5. The first-order chi connectivity index (χ1) is 14.1. The van der Waals surface area contributed by atoms with Crippen molar-refractivity contribution in [3.05, 3.63) is 46.2 Å². The molecular formula is C19H19F3N2O5S. The summed E-state index contributed by atoms with van der Waals surface area (Å²) in [6, 6.07) is 4.55. The number of hydrogen-bond acceptors (Lipinski definition) is 6. The molecule has 1 aliphatic heterocycles. The van der Waals surface area contributed by atoms with E-state index in [0.29, 0.717) is 0 Å². The number of methoxy groups -OCH3 is 2. The summed E-state index contributed by atoms with van der Waals surface area (Å²) in [4.78, 5) is 25.8. The molecule has 2 heterocycles. The fourth-order valence-electron chi connectivity index (χ4n) is 3.60. The zero-order valence-corrected chi connectivity index (χ0v) is 17.0. The summed E-state index contributed by atoms with van der Waals surface area (Å²) in [5.74, 6) is -2.84. The molecule has 3 rings (SSSR count). The average Bonchev–Trinajstić information content (AvgIpc) is 3.24. The molecule has 162 valence electrons. The van der Waals surface area contributed by atoms with Crippen molar-refractivity contribution in [2.24, 2.45) is 5.92 Å². The first-order valence-electron chi connectivity index (χ1n) is 8.70. The van der Waals surface area contributed by atoms with Crippen LogP contribution < -0.4 is 14.8 Å². The fourth-order valence-corrected chi connectivity index (χ4v) is 4.30. The second-order valence-electron chi connectivity index (χ2n) is 6.61. The largest absolute Gasteiger partial charge is 0.493 e. The minimum Gasteiger partial charge on any atom is -0.493 e. The number of carbonyl (C=O) groups is 2. The van der Waals surface area contributed by atoms with Gasteiger partial charge in [0.25, 0.3) is 5.72 Å². The number of carbonyl (C=O) groups excluding carboxylic acids is 2. The second kappa shape index (κ2) is 7.80. The van der Waals surface area contributed by atoms with Crippen LogP contribution in [0, 0.1) is 5.92 Å². The predicted octanol–water partition coefficient (Wildman–Crippen LogP) is 3.21. The van der Waals surface area contributed by atoms with Gasteiger partial charge in [-0.15, -0.1) is 11.3 Å². The van der Waals surface area contributed by atoms with Gasteiger partial charge in [0.05, 0.1) is 25.1 Å². The molecule has 1 aromatic heterocycles. The van der Waals surface area contributed by atoms with E-state index in [9.17, 15) is 27.9 Å². The minimum absolute atomic E-state index is 0.0130. The van der Waals surface area contributed by atoms with Gasteiger partial charge in [0.15, 0.2) is 17.3 Å². The molecule has 1 fully saturated rings. The number of para-hydroxylation sites is 1. The third-order valence-corrected chi connectivity index (χ3v) is 5.98. The number of aliphatic hydroxyl groups is 1. The molecule has 2 aromatic rings. The quantitative estimate of drug-likeness (QED) is 0.692. The molecule has 0 bridgehead atoms. The van der Waals surface area contributed by atoms with Gasteiger partial charge in [-0.3, -0.25) is 9.69 Å². The van der Waals surface area contributed by atoms with Gasteiger partial charge in [0, 0.05) is 12.6 Å². The Balaban J connectivity index is 2.27. The number of nitrogens with one attached hydrogen (secondary N) is 1. The van der Waals surface area contributed by atoms with Gasteiger partial charge < -0.3 is 19.9 Å². The van der Waals surface area contributed by atoms with Crippen LogP contribution in [-0.4, -0.2) is 55.0 Å². The Labute approximate surface area is 174 Å². The molecule has 3 atom stereocenters. The lowest BCUT2D eigenvalue weighted by molar-refractivity contribution is -0.322. The highest BCUT2D eigenvalue weighted by Crippen LogP contribution is 2.50. The van der Waals surface area contributed by atoms with Crippen LogP contribution in [0.5, 0.6) is 11.5 Å². The summed E-state index contributed by atoms with van der Waals surface area (Å²) < 4.78 is 52.9. The molecule has 0 spiro atoms. The van der Waals surface area contributed by atoms with E-state index in [-0.39, 0.29) is 26.8 Å². The van der Waals surface area contributed by atoms with E-state index in [1.165, 1.54) is 49.9 Å². The number of benzene rings is 1. The molecule has 11 heteroatoms. The fraction of sp³-hybridized carbons (Fsp3) is 0.368. The second-order valence-corrected chi connectivity index (χ2v) is 7.56. The SMILES string of the molecule is COc1cccc([C@@H]2NC(=O)N(C)[C@@](O)(C(F)(F)F)[C@H]2C(=O)c2cccs2)c1OC. The van der Waals surface area contributed by atoms with Crippen LogP contribution in [-0.2, 0) is 0 Å². The molecule has 1 aromatic carbocycles. The summed E-state index contributed by atoms with van der Waals surface area (Å²) in [7, 11) is 3.41. The van der Waals surface area contributed by atoms with Gasteiger partial charge in [0.1, 0.15) is 5.92 Å². The van der Waals surface area contributed by atoms with Gasteiger partial charge in [-0.25, -0.2) is 4.79 Å². The summed E-state index contributed by atoms with van der Waals surface area (Å²) in [5, 5.41) is 14.8. The van der Waals surface area contributed by atoms with E-state index < -0.39 is 35.7 Å². The maximum atomic E-state index is 14.1. The third-order valence-electron chi connectivity index (χ3n) is 5.09. The highest BCUT2D eigenvalue weighted by Gasteiger charge is 2.69. The molecule has 2 N–H and O–H groups in total. The Morgan fingerprint density at radius 1 is 1.23 bits per heavy atom. The number of halogens is 3. The molecule has 0 saturated carbocycles. The minimum atomic E-state index is -5.32. The number of hydrogen-bond donors (Lipinski definition) is 2. The first kappa shape index (κ1) is 21.9. The van der Waals surface area contributed by atoms with E-state index in [2.05, 4.69) is 5.32 Å². The number of thiophene rings is 1. The summed E-state index contributed by atoms with van der Waals surface area (Å²) in [6.45, 7) is 0. The number of urea groups is 1. The number of Topliss-reactive ketones (excluding diaryl/α,β-unsaturated/α-hetero) is 1. The van der Waals surface area contributed by atoms with Gasteiger partial charge in [-0.05, 0) is 17.5 Å². The smallest absolute Gasteiger partial charge is 0.437 e. The molecule has 1 saturated heterocycles. The Kier molecular flexibility index (Phi) is 5.70. The van der Waals surface area contributed by atoms with E-state index in [4.69, 9.17) is 9.47 Å². The van der Waals surface area contributed by atoms with Crippen molar-refractivity contribution in [2.75, 3.05) is 21.3 Å². The lowest BCUT2D eigenvalue weighted by atomic mass is 9.77. The molecule has 7 nitrogen and oxygen atoms in total. The van der Waals surface area contributed by atoms with Gasteiger partial charge in [-0.1, -0.05) is 18.2 Å². The molecule has 0 radical (unpaired) electrons. The van der Waals surface area contributed by atoms with Crippen molar-refractivity contribution in [1.82, 2.24) is 10.2 Å². The van der Waals surface area contributed by atoms with E-state index in [1.54, 1.807) is 0 Å². The maximum Gasteiger partial charge on any atom is 0.437 e. The molecule has 30 heavy (non-hydrogen) atoms. The lowest BCUT2D eigenvalue weighted by Gasteiger charge is -2.49. The summed E-state index contributed by atoms with van der Waals surface area (Å²) >= 11 is 0.938. The van der Waals surface area contributed by atoms with Crippen LogP contribution in [0.3, 0.4) is 0 Å². The first-order valence-corrected chi connectivity index (χ1v) is 9.57. The third kappa shape index (κ3) is 3.27.